The number of nitrogens with zero attached hydrogens (tertiary/aromatic N) is 2. The molecule has 0 aliphatic carbocycles. The maximum atomic E-state index is 5.39. The van der Waals surface area contributed by atoms with Gasteiger partial charge in [-0.05, 0) is 25.5 Å². The maximum absolute atomic E-state index is 5.39. The van der Waals surface area contributed by atoms with Crippen LogP contribution >= 0.6 is 0 Å². The summed E-state index contributed by atoms with van der Waals surface area (Å²) in [6.45, 7) is 7.12. The Morgan fingerprint density at radius 2 is 2.25 bits per heavy atom. The molecule has 0 amide bonds. The molecule has 4 nitrogen and oxygen atoms in total. The van der Waals surface area contributed by atoms with Crippen molar-refractivity contribution in [3.63, 3.8) is 0 Å². The highest BCUT2D eigenvalue weighted by Crippen LogP contribution is 2.19. The lowest BCUT2D eigenvalue weighted by Crippen LogP contribution is -2.23. The fraction of sp³-hybridized carbons (Fsp3) is 0.438. The molecule has 0 fully saturated rings. The Labute approximate surface area is 120 Å². The van der Waals surface area contributed by atoms with E-state index in [0.29, 0.717) is 5.92 Å². The molecule has 108 valence electrons. The first-order valence-electron chi connectivity index (χ1n) is 6.99. The number of nitrogens with one attached hydrogen (secondary N) is 1. The van der Waals surface area contributed by atoms with Crippen molar-refractivity contribution in [3.8, 4) is 5.75 Å². The molecule has 2 aromatic rings. The Kier molecular flexibility index (Phi) is 5.18. The molecule has 0 saturated heterocycles. The summed E-state index contributed by atoms with van der Waals surface area (Å²) in [5.41, 5.74) is 2.47. The van der Waals surface area contributed by atoms with Crippen LogP contribution in [0.1, 0.15) is 18.1 Å². The van der Waals surface area contributed by atoms with E-state index < -0.39 is 0 Å². The van der Waals surface area contributed by atoms with Crippen LogP contribution in [0.2, 0.25) is 0 Å². The zero-order valence-electron chi connectivity index (χ0n) is 12.5. The van der Waals surface area contributed by atoms with Gasteiger partial charge in [0.05, 0.1) is 13.4 Å². The van der Waals surface area contributed by atoms with Crippen molar-refractivity contribution >= 4 is 0 Å². The van der Waals surface area contributed by atoms with Crippen molar-refractivity contribution in [3.05, 3.63) is 48.0 Å². The van der Waals surface area contributed by atoms with Crippen LogP contribution in [-0.2, 0) is 13.1 Å². The van der Waals surface area contributed by atoms with Crippen LogP contribution in [-0.4, -0.2) is 23.2 Å². The molecular weight excluding hydrogens is 250 g/mol. The molecule has 0 saturated carbocycles. The second-order valence-corrected chi connectivity index (χ2v) is 5.31. The minimum absolute atomic E-state index is 0.556. The largest absolute Gasteiger partial charge is 0.496 e. The van der Waals surface area contributed by atoms with Gasteiger partial charge in [0.1, 0.15) is 5.75 Å². The zero-order chi connectivity index (χ0) is 14.4. The highest BCUT2D eigenvalue weighted by atomic mass is 16.5. The molecule has 1 unspecified atom stereocenters. The maximum Gasteiger partial charge on any atom is 0.123 e. The van der Waals surface area contributed by atoms with Crippen molar-refractivity contribution < 1.29 is 4.74 Å². The van der Waals surface area contributed by atoms with Gasteiger partial charge in [0.2, 0.25) is 0 Å². The lowest BCUT2D eigenvalue weighted by Gasteiger charge is -2.15. The molecule has 4 heteroatoms. The molecule has 0 aliphatic heterocycles. The summed E-state index contributed by atoms with van der Waals surface area (Å²) in [5, 5.41) is 3.50. The molecule has 1 N–H and O–H groups in total. The Hall–Kier alpha value is -1.81. The SMILES string of the molecule is COc1ccc(C)cc1CNCC(C)Cn1ccnc1. The van der Waals surface area contributed by atoms with Gasteiger partial charge < -0.3 is 14.6 Å². The molecule has 1 atom stereocenters. The molecule has 2 rings (SSSR count). The van der Waals surface area contributed by atoms with E-state index in [1.54, 1.807) is 7.11 Å². The Balaban J connectivity index is 1.82. The van der Waals surface area contributed by atoms with Crippen LogP contribution in [0.25, 0.3) is 0 Å². The smallest absolute Gasteiger partial charge is 0.123 e. The normalized spacial score (nSPS) is 12.3. The van der Waals surface area contributed by atoms with Gasteiger partial charge in [0.15, 0.2) is 0 Å². The Morgan fingerprint density at radius 3 is 2.95 bits per heavy atom. The number of methoxy groups -OCH3 is 1. The van der Waals surface area contributed by atoms with Gasteiger partial charge in [0.25, 0.3) is 0 Å². The van der Waals surface area contributed by atoms with Crippen LogP contribution < -0.4 is 10.1 Å². The van der Waals surface area contributed by atoms with Gasteiger partial charge >= 0.3 is 0 Å². The average Bonchev–Trinajstić information content (AvgIpc) is 2.92. The van der Waals surface area contributed by atoms with Crippen molar-refractivity contribution in [2.24, 2.45) is 5.92 Å². The molecule has 0 radical (unpaired) electrons. The third-order valence-corrected chi connectivity index (χ3v) is 3.33. The second kappa shape index (κ2) is 7.10. The van der Waals surface area contributed by atoms with E-state index in [-0.39, 0.29) is 0 Å². The molecule has 0 spiro atoms. The average molecular weight is 273 g/mol. The van der Waals surface area contributed by atoms with Gasteiger partial charge in [-0.2, -0.15) is 0 Å². The van der Waals surface area contributed by atoms with Crippen LogP contribution in [0, 0.1) is 12.8 Å². The van der Waals surface area contributed by atoms with Gasteiger partial charge in [-0.25, -0.2) is 4.98 Å². The Bertz CT molecular complexity index is 523. The van der Waals surface area contributed by atoms with Crippen LogP contribution in [0.15, 0.2) is 36.9 Å². The van der Waals surface area contributed by atoms with E-state index in [2.05, 4.69) is 40.8 Å². The van der Waals surface area contributed by atoms with E-state index in [4.69, 9.17) is 4.74 Å². The monoisotopic (exact) mass is 273 g/mol. The predicted molar refractivity (Wildman–Crippen MR) is 80.8 cm³/mol. The third kappa shape index (κ3) is 4.10. The molecule has 0 bridgehead atoms. The Morgan fingerprint density at radius 1 is 1.40 bits per heavy atom. The van der Waals surface area contributed by atoms with Crippen molar-refractivity contribution in [2.75, 3.05) is 13.7 Å². The highest BCUT2D eigenvalue weighted by Gasteiger charge is 2.05. The molecule has 20 heavy (non-hydrogen) atoms. The number of aromatic nitrogens is 2. The lowest BCUT2D eigenvalue weighted by atomic mass is 10.1. The molecule has 1 heterocycles. The van der Waals surface area contributed by atoms with E-state index in [9.17, 15) is 0 Å². The number of aryl methyl sites for hydroxylation is 1. The van der Waals surface area contributed by atoms with E-state index in [1.807, 2.05) is 24.8 Å². The third-order valence-electron chi connectivity index (χ3n) is 3.33. The topological polar surface area (TPSA) is 39.1 Å². The first kappa shape index (κ1) is 14.6. The number of imidazole rings is 1. The summed E-state index contributed by atoms with van der Waals surface area (Å²) in [7, 11) is 1.72. The van der Waals surface area contributed by atoms with Crippen molar-refractivity contribution in [1.29, 1.82) is 0 Å². The summed E-state index contributed by atoms with van der Waals surface area (Å²) in [4.78, 5) is 4.06. The molecule has 1 aromatic heterocycles. The molecule has 0 aliphatic rings. The number of ether oxygens (including phenoxy) is 1. The van der Waals surface area contributed by atoms with Gasteiger partial charge in [0, 0.05) is 31.0 Å². The van der Waals surface area contributed by atoms with Crippen LogP contribution in [0.4, 0.5) is 0 Å². The second-order valence-electron chi connectivity index (χ2n) is 5.31. The summed E-state index contributed by atoms with van der Waals surface area (Å²) >= 11 is 0. The summed E-state index contributed by atoms with van der Waals surface area (Å²) < 4.78 is 7.50. The zero-order valence-corrected chi connectivity index (χ0v) is 12.5. The highest BCUT2D eigenvalue weighted by molar-refractivity contribution is 5.36. The first-order chi connectivity index (χ1) is 9.69. The number of rotatable bonds is 7. The minimum atomic E-state index is 0.556. The quantitative estimate of drug-likeness (QED) is 0.843. The van der Waals surface area contributed by atoms with Gasteiger partial charge in [-0.1, -0.05) is 24.6 Å². The van der Waals surface area contributed by atoms with Crippen molar-refractivity contribution in [1.82, 2.24) is 14.9 Å². The van der Waals surface area contributed by atoms with E-state index >= 15 is 0 Å². The van der Waals surface area contributed by atoms with Crippen LogP contribution in [0.5, 0.6) is 5.75 Å². The van der Waals surface area contributed by atoms with Gasteiger partial charge in [-0.3, -0.25) is 0 Å². The summed E-state index contributed by atoms with van der Waals surface area (Å²) in [6.07, 6.45) is 5.68. The van der Waals surface area contributed by atoms with Gasteiger partial charge in [-0.15, -0.1) is 0 Å². The standard InChI is InChI=1S/C16H23N3O/c1-13-4-5-16(20-3)15(8-13)10-18-9-14(2)11-19-7-6-17-12-19/h4-8,12,14,18H,9-11H2,1-3H3. The fourth-order valence-electron chi connectivity index (χ4n) is 2.32. The summed E-state index contributed by atoms with van der Waals surface area (Å²) in [5.74, 6) is 1.50. The first-order valence-corrected chi connectivity index (χ1v) is 6.99. The minimum Gasteiger partial charge on any atom is -0.496 e. The van der Waals surface area contributed by atoms with Crippen LogP contribution in [0.3, 0.4) is 0 Å². The predicted octanol–water partition coefficient (Wildman–Crippen LogP) is 2.63. The lowest BCUT2D eigenvalue weighted by molar-refractivity contribution is 0.403. The van der Waals surface area contributed by atoms with E-state index in [1.165, 1.54) is 11.1 Å². The summed E-state index contributed by atoms with van der Waals surface area (Å²) in [6, 6.07) is 6.28. The van der Waals surface area contributed by atoms with E-state index in [0.717, 1.165) is 25.4 Å². The number of hydrogen-bond acceptors (Lipinski definition) is 3. The molecular formula is C16H23N3O. The number of benzene rings is 1. The van der Waals surface area contributed by atoms with Crippen molar-refractivity contribution in [2.45, 2.75) is 26.9 Å². The number of hydrogen-bond donors (Lipinski definition) is 1. The fourth-order valence-corrected chi connectivity index (χ4v) is 2.32. The molecule has 1 aromatic carbocycles.